The minimum Gasteiger partial charge on any atom is -0.444 e. The Hall–Kier alpha value is -2.70. The molecule has 0 aromatic heterocycles. The third-order valence-electron chi connectivity index (χ3n) is 7.90. The Morgan fingerprint density at radius 2 is 1.89 bits per heavy atom. The van der Waals surface area contributed by atoms with Crippen molar-refractivity contribution in [3.8, 4) is 0 Å². The molecule has 6 nitrogen and oxygen atoms in total. The Kier molecular flexibility index (Phi) is 7.92. The SMILES string of the molecule is C[C@H]1C/C=C\[C@H]2C=C(CO)[C@@H](C)[C@H]3[C@H](Cc4ccccc4)NC(=O)[C@]32OC(=O)/C=C\[C@H](O)CCC1. The van der Waals surface area contributed by atoms with Crippen LogP contribution < -0.4 is 5.32 Å². The minimum atomic E-state index is -1.42. The van der Waals surface area contributed by atoms with E-state index in [1.807, 2.05) is 49.4 Å². The monoisotopic (exact) mass is 479 g/mol. The van der Waals surface area contributed by atoms with Crippen molar-refractivity contribution < 1.29 is 24.5 Å². The summed E-state index contributed by atoms with van der Waals surface area (Å²) in [5, 5.41) is 23.6. The molecule has 0 bridgehead atoms. The number of hydrogen-bond acceptors (Lipinski definition) is 5. The lowest BCUT2D eigenvalue weighted by molar-refractivity contribution is -0.172. The van der Waals surface area contributed by atoms with Crippen LogP contribution in [0.15, 0.2) is 66.3 Å². The molecular formula is C29H37NO5. The molecule has 4 rings (SSSR count). The molecule has 3 N–H and O–H groups in total. The molecule has 0 radical (unpaired) electrons. The van der Waals surface area contributed by atoms with Gasteiger partial charge in [0.2, 0.25) is 5.60 Å². The highest BCUT2D eigenvalue weighted by Crippen LogP contribution is 2.50. The summed E-state index contributed by atoms with van der Waals surface area (Å²) in [7, 11) is 0. The number of carbonyl (C=O) groups is 2. The van der Waals surface area contributed by atoms with E-state index in [4.69, 9.17) is 4.74 Å². The van der Waals surface area contributed by atoms with E-state index in [2.05, 4.69) is 18.3 Å². The van der Waals surface area contributed by atoms with Crippen LogP contribution in [0.1, 0.15) is 45.1 Å². The first-order valence-electron chi connectivity index (χ1n) is 12.8. The molecule has 7 atom stereocenters. The maximum absolute atomic E-state index is 13.7. The summed E-state index contributed by atoms with van der Waals surface area (Å²) in [6.45, 7) is 4.06. The number of allylic oxidation sites excluding steroid dienone is 1. The smallest absolute Gasteiger partial charge is 0.331 e. The van der Waals surface area contributed by atoms with Gasteiger partial charge >= 0.3 is 5.97 Å². The van der Waals surface area contributed by atoms with E-state index in [1.54, 1.807) is 0 Å². The summed E-state index contributed by atoms with van der Waals surface area (Å²) < 4.78 is 6.10. The Morgan fingerprint density at radius 3 is 2.63 bits per heavy atom. The zero-order chi connectivity index (χ0) is 25.0. The Labute approximate surface area is 207 Å². The fraction of sp³-hybridized carbons (Fsp3) is 0.517. The molecule has 0 unspecified atom stereocenters. The summed E-state index contributed by atoms with van der Waals surface area (Å²) >= 11 is 0. The number of rotatable bonds is 3. The Morgan fingerprint density at radius 1 is 1.11 bits per heavy atom. The first-order chi connectivity index (χ1) is 16.8. The molecule has 1 aromatic carbocycles. The standard InChI is InChI=1S/C29H37NO5/c1-19-8-6-12-23-17-22(18-31)20(2)27-25(16-21-10-4-3-5-11-21)30-28(34)29(23,27)35-26(33)15-14-24(32)13-7-9-19/h3-6,10-12,14-15,17,19-20,23-25,27,31-32H,7-9,13,16,18H2,1-2H3,(H,30,34)/b12-6-,15-14-/t19-,20+,23-,24+,25-,27-,29+/m0/s1. The van der Waals surface area contributed by atoms with Crippen LogP contribution in [0.2, 0.25) is 0 Å². The quantitative estimate of drug-likeness (QED) is 0.456. The molecule has 1 aromatic rings. The third-order valence-corrected chi connectivity index (χ3v) is 7.90. The van der Waals surface area contributed by atoms with Gasteiger partial charge in [0.25, 0.3) is 5.91 Å². The molecule has 188 valence electrons. The van der Waals surface area contributed by atoms with Crippen LogP contribution >= 0.6 is 0 Å². The molecule has 3 aliphatic rings. The first kappa shape index (κ1) is 25.4. The van der Waals surface area contributed by atoms with E-state index in [-0.39, 0.29) is 30.4 Å². The van der Waals surface area contributed by atoms with Crippen LogP contribution in [0, 0.1) is 23.7 Å². The second-order valence-corrected chi connectivity index (χ2v) is 10.4. The van der Waals surface area contributed by atoms with Crippen molar-refractivity contribution in [2.45, 2.75) is 63.7 Å². The molecule has 1 saturated heterocycles. The largest absolute Gasteiger partial charge is 0.444 e. The van der Waals surface area contributed by atoms with Crippen molar-refractivity contribution >= 4 is 11.9 Å². The van der Waals surface area contributed by atoms with E-state index in [0.717, 1.165) is 30.4 Å². The summed E-state index contributed by atoms with van der Waals surface area (Å²) in [5.74, 6) is -1.54. The lowest BCUT2D eigenvalue weighted by atomic mass is 9.63. The van der Waals surface area contributed by atoms with Gasteiger partial charge in [0.15, 0.2) is 0 Å². The number of hydrogen-bond donors (Lipinski definition) is 3. The lowest BCUT2D eigenvalue weighted by Crippen LogP contribution is -2.56. The molecular weight excluding hydrogens is 442 g/mol. The normalized spacial score (nSPS) is 37.7. The number of nitrogens with one attached hydrogen (secondary N) is 1. The highest BCUT2D eigenvalue weighted by molar-refractivity contribution is 5.94. The number of benzene rings is 1. The molecule has 1 aliphatic carbocycles. The topological polar surface area (TPSA) is 95.9 Å². The van der Waals surface area contributed by atoms with Crippen LogP contribution in [0.5, 0.6) is 0 Å². The van der Waals surface area contributed by atoms with Crippen molar-refractivity contribution in [1.29, 1.82) is 0 Å². The molecule has 2 aliphatic heterocycles. The third kappa shape index (κ3) is 5.29. The average molecular weight is 480 g/mol. The van der Waals surface area contributed by atoms with Crippen LogP contribution in [0.25, 0.3) is 0 Å². The Bertz CT molecular complexity index is 1000. The number of ether oxygens (including phenoxy) is 1. The van der Waals surface area contributed by atoms with Crippen LogP contribution in [-0.2, 0) is 20.7 Å². The van der Waals surface area contributed by atoms with Gasteiger partial charge in [-0.1, -0.05) is 75.2 Å². The summed E-state index contributed by atoms with van der Waals surface area (Å²) in [6, 6.07) is 9.68. The predicted molar refractivity (Wildman–Crippen MR) is 134 cm³/mol. The number of aliphatic hydroxyl groups is 2. The predicted octanol–water partition coefficient (Wildman–Crippen LogP) is 3.49. The number of esters is 1. The maximum atomic E-state index is 13.7. The van der Waals surface area contributed by atoms with Crippen LogP contribution in [-0.4, -0.2) is 46.4 Å². The van der Waals surface area contributed by atoms with Gasteiger partial charge in [-0.15, -0.1) is 0 Å². The first-order valence-corrected chi connectivity index (χ1v) is 12.8. The number of carbonyl (C=O) groups excluding carboxylic acids is 2. The van der Waals surface area contributed by atoms with Crippen LogP contribution in [0.3, 0.4) is 0 Å². The second-order valence-electron chi connectivity index (χ2n) is 10.4. The minimum absolute atomic E-state index is 0.110. The van der Waals surface area contributed by atoms with E-state index in [0.29, 0.717) is 18.8 Å². The summed E-state index contributed by atoms with van der Waals surface area (Å²) in [6.07, 6.45) is 11.8. The van der Waals surface area contributed by atoms with Crippen molar-refractivity contribution in [3.63, 3.8) is 0 Å². The van der Waals surface area contributed by atoms with Gasteiger partial charge in [0, 0.05) is 24.0 Å². The van der Waals surface area contributed by atoms with Crippen molar-refractivity contribution in [2.24, 2.45) is 23.7 Å². The van der Waals surface area contributed by atoms with Crippen LogP contribution in [0.4, 0.5) is 0 Å². The highest BCUT2D eigenvalue weighted by Gasteiger charge is 2.64. The van der Waals surface area contributed by atoms with Gasteiger partial charge in [-0.25, -0.2) is 4.79 Å². The summed E-state index contributed by atoms with van der Waals surface area (Å²) in [4.78, 5) is 26.7. The zero-order valence-corrected chi connectivity index (χ0v) is 20.6. The Balaban J connectivity index is 1.78. The maximum Gasteiger partial charge on any atom is 0.331 e. The second kappa shape index (κ2) is 10.9. The summed E-state index contributed by atoms with van der Waals surface area (Å²) in [5.41, 5.74) is 0.512. The highest BCUT2D eigenvalue weighted by atomic mass is 16.6. The van der Waals surface area contributed by atoms with Crippen molar-refractivity contribution in [1.82, 2.24) is 5.32 Å². The fourth-order valence-electron chi connectivity index (χ4n) is 6.01. The van der Waals surface area contributed by atoms with Gasteiger partial charge in [0.05, 0.1) is 12.7 Å². The van der Waals surface area contributed by atoms with Crippen molar-refractivity contribution in [3.05, 3.63) is 71.8 Å². The van der Waals surface area contributed by atoms with Gasteiger partial charge in [-0.2, -0.15) is 0 Å². The molecule has 1 spiro atoms. The van der Waals surface area contributed by atoms with E-state index >= 15 is 0 Å². The number of amides is 1. The molecule has 35 heavy (non-hydrogen) atoms. The molecule has 6 heteroatoms. The molecule has 2 heterocycles. The molecule has 1 amide bonds. The van der Waals surface area contributed by atoms with Crippen molar-refractivity contribution in [2.75, 3.05) is 6.61 Å². The lowest BCUT2D eigenvalue weighted by Gasteiger charge is -2.44. The van der Waals surface area contributed by atoms with E-state index in [9.17, 15) is 19.8 Å². The van der Waals surface area contributed by atoms with Gasteiger partial charge in [0.1, 0.15) is 0 Å². The average Bonchev–Trinajstić information content (AvgIpc) is 3.11. The fourth-order valence-corrected chi connectivity index (χ4v) is 6.01. The van der Waals surface area contributed by atoms with Gasteiger partial charge in [-0.3, -0.25) is 4.79 Å². The number of aliphatic hydroxyl groups excluding tert-OH is 2. The van der Waals surface area contributed by atoms with Gasteiger partial charge in [-0.05, 0) is 48.3 Å². The zero-order valence-electron chi connectivity index (χ0n) is 20.6. The van der Waals surface area contributed by atoms with Gasteiger partial charge < -0.3 is 20.3 Å². The molecule has 1 fully saturated rings. The van der Waals surface area contributed by atoms with E-state index in [1.165, 1.54) is 12.2 Å². The molecule has 0 saturated carbocycles. The van der Waals surface area contributed by atoms with E-state index < -0.39 is 23.6 Å².